The van der Waals surface area contributed by atoms with Gasteiger partial charge in [-0.15, -0.1) is 0 Å². The molecule has 0 unspecified atom stereocenters. The van der Waals surface area contributed by atoms with Gasteiger partial charge in [0.05, 0.1) is 0 Å². The molecule has 0 spiro atoms. The molecule has 8 heavy (non-hydrogen) atoms. The Bertz CT molecular complexity index is 66.9. The van der Waals surface area contributed by atoms with Crippen LogP contribution < -0.4 is 5.32 Å². The molecule has 0 aliphatic carbocycles. The summed E-state index contributed by atoms with van der Waals surface area (Å²) in [7, 11) is 0. The van der Waals surface area contributed by atoms with Gasteiger partial charge in [-0.25, -0.2) is 0 Å². The molecule has 1 aliphatic heterocycles. The second kappa shape index (κ2) is 2.74. The van der Waals surface area contributed by atoms with Gasteiger partial charge >= 0.3 is 0 Å². The van der Waals surface area contributed by atoms with Crippen LogP contribution in [0.4, 0.5) is 0 Å². The molecule has 0 aromatic carbocycles. The maximum atomic E-state index is 3.36. The highest BCUT2D eigenvalue weighted by Crippen LogP contribution is 2.18. The van der Waals surface area contributed by atoms with Crippen LogP contribution in [0.3, 0.4) is 0 Å². The minimum atomic E-state index is 0.818. The van der Waals surface area contributed by atoms with Gasteiger partial charge in [0.15, 0.2) is 0 Å². The van der Waals surface area contributed by atoms with Gasteiger partial charge in [-0.2, -0.15) is 11.8 Å². The molecule has 2 heteroatoms. The first-order valence-corrected chi connectivity index (χ1v) is 4.09. The maximum absolute atomic E-state index is 3.36. The number of nitrogens with one attached hydrogen (secondary N) is 1. The van der Waals surface area contributed by atoms with Crippen LogP contribution in [-0.4, -0.2) is 23.6 Å². The number of hydrogen-bond acceptors (Lipinski definition) is 2. The maximum Gasteiger partial charge on any atom is 0.0147 e. The number of hydrogen-bond donors (Lipinski definition) is 1. The molecule has 0 radical (unpaired) electrons. The standard InChI is InChI=1S/C6H13NS/c1-5-3-7-4-6(2)8-5/h5-7H,3-4H2,1-2H3/t5-,6+. The minimum absolute atomic E-state index is 0.818. The molecule has 1 saturated heterocycles. The van der Waals surface area contributed by atoms with Crippen LogP contribution in [-0.2, 0) is 0 Å². The highest BCUT2D eigenvalue weighted by molar-refractivity contribution is 8.00. The first-order chi connectivity index (χ1) is 3.79. The largest absolute Gasteiger partial charge is 0.315 e. The Balaban J connectivity index is 2.23. The Morgan fingerprint density at radius 1 is 1.25 bits per heavy atom. The summed E-state index contributed by atoms with van der Waals surface area (Å²) >= 11 is 2.08. The molecule has 48 valence electrons. The Morgan fingerprint density at radius 2 is 1.75 bits per heavy atom. The first-order valence-electron chi connectivity index (χ1n) is 3.15. The van der Waals surface area contributed by atoms with Crippen LogP contribution in [0.25, 0.3) is 0 Å². The Kier molecular flexibility index (Phi) is 2.20. The van der Waals surface area contributed by atoms with Gasteiger partial charge in [-0.05, 0) is 0 Å². The molecule has 0 aromatic heterocycles. The van der Waals surface area contributed by atoms with Crippen molar-refractivity contribution in [3.63, 3.8) is 0 Å². The van der Waals surface area contributed by atoms with Crippen LogP contribution in [0.5, 0.6) is 0 Å². The fourth-order valence-electron chi connectivity index (χ4n) is 0.983. The molecule has 1 nitrogen and oxygen atoms in total. The van der Waals surface area contributed by atoms with Crippen LogP contribution >= 0.6 is 11.8 Å². The topological polar surface area (TPSA) is 12.0 Å². The fourth-order valence-corrected chi connectivity index (χ4v) is 2.20. The Hall–Kier alpha value is 0.310. The zero-order valence-corrected chi connectivity index (χ0v) is 6.29. The van der Waals surface area contributed by atoms with Crippen molar-refractivity contribution < 1.29 is 0 Å². The van der Waals surface area contributed by atoms with Crippen molar-refractivity contribution in [3.8, 4) is 0 Å². The van der Waals surface area contributed by atoms with E-state index < -0.39 is 0 Å². The van der Waals surface area contributed by atoms with Gasteiger partial charge in [0, 0.05) is 23.6 Å². The van der Waals surface area contributed by atoms with Gasteiger partial charge in [-0.3, -0.25) is 0 Å². The molecule has 2 atom stereocenters. The second-order valence-electron chi connectivity index (χ2n) is 2.42. The van der Waals surface area contributed by atoms with Crippen LogP contribution in [0.15, 0.2) is 0 Å². The molecule has 1 rings (SSSR count). The fraction of sp³-hybridized carbons (Fsp3) is 1.00. The molecular formula is C6H13NS. The second-order valence-corrected chi connectivity index (χ2v) is 4.30. The van der Waals surface area contributed by atoms with Gasteiger partial charge < -0.3 is 5.32 Å². The molecule has 1 fully saturated rings. The van der Waals surface area contributed by atoms with Gasteiger partial charge in [0.1, 0.15) is 0 Å². The monoisotopic (exact) mass is 131 g/mol. The van der Waals surface area contributed by atoms with Gasteiger partial charge in [-0.1, -0.05) is 13.8 Å². The van der Waals surface area contributed by atoms with Crippen molar-refractivity contribution in [1.29, 1.82) is 0 Å². The zero-order chi connectivity index (χ0) is 5.98. The highest BCUT2D eigenvalue weighted by atomic mass is 32.2. The normalized spacial score (nSPS) is 39.8. The summed E-state index contributed by atoms with van der Waals surface area (Å²) in [6.45, 7) is 6.92. The lowest BCUT2D eigenvalue weighted by atomic mass is 10.4. The first kappa shape index (κ1) is 6.43. The third-order valence-corrected chi connectivity index (χ3v) is 2.59. The molecule has 0 aromatic rings. The van der Waals surface area contributed by atoms with E-state index in [2.05, 4.69) is 30.9 Å². The summed E-state index contributed by atoms with van der Waals surface area (Å²) < 4.78 is 0. The molecule has 0 amide bonds. The average molecular weight is 131 g/mol. The summed E-state index contributed by atoms with van der Waals surface area (Å²) in [5, 5.41) is 5.00. The van der Waals surface area contributed by atoms with E-state index in [0.29, 0.717) is 0 Å². The van der Waals surface area contributed by atoms with Crippen LogP contribution in [0.1, 0.15) is 13.8 Å². The molecular weight excluding hydrogens is 118 g/mol. The summed E-state index contributed by atoms with van der Waals surface area (Å²) in [6.07, 6.45) is 0. The summed E-state index contributed by atoms with van der Waals surface area (Å²) in [6, 6.07) is 0. The molecule has 1 N–H and O–H groups in total. The SMILES string of the molecule is C[C@@H]1CNC[C@H](C)S1. The molecule has 1 heterocycles. The highest BCUT2D eigenvalue weighted by Gasteiger charge is 2.13. The third kappa shape index (κ3) is 1.67. The van der Waals surface area contributed by atoms with Crippen LogP contribution in [0, 0.1) is 0 Å². The van der Waals surface area contributed by atoms with E-state index in [4.69, 9.17) is 0 Å². The lowest BCUT2D eigenvalue weighted by Crippen LogP contribution is -2.35. The molecule has 0 bridgehead atoms. The quantitative estimate of drug-likeness (QED) is 0.528. The van der Waals surface area contributed by atoms with E-state index in [1.54, 1.807) is 0 Å². The van der Waals surface area contributed by atoms with Crippen LogP contribution in [0.2, 0.25) is 0 Å². The van der Waals surface area contributed by atoms with Crippen molar-refractivity contribution >= 4 is 11.8 Å². The number of thioether (sulfide) groups is 1. The van der Waals surface area contributed by atoms with E-state index in [9.17, 15) is 0 Å². The molecule has 0 saturated carbocycles. The minimum Gasteiger partial charge on any atom is -0.315 e. The van der Waals surface area contributed by atoms with Gasteiger partial charge in [0.25, 0.3) is 0 Å². The van der Waals surface area contributed by atoms with E-state index in [1.165, 1.54) is 13.1 Å². The molecule has 1 aliphatic rings. The summed E-state index contributed by atoms with van der Waals surface area (Å²) in [5.41, 5.74) is 0. The Labute approximate surface area is 55.2 Å². The van der Waals surface area contributed by atoms with E-state index in [-0.39, 0.29) is 0 Å². The summed E-state index contributed by atoms with van der Waals surface area (Å²) in [5.74, 6) is 0. The van der Waals surface area contributed by atoms with Gasteiger partial charge in [0.2, 0.25) is 0 Å². The van der Waals surface area contributed by atoms with E-state index in [1.807, 2.05) is 0 Å². The van der Waals surface area contributed by atoms with Crippen molar-refractivity contribution in [3.05, 3.63) is 0 Å². The lowest BCUT2D eigenvalue weighted by molar-refractivity contribution is 0.648. The van der Waals surface area contributed by atoms with E-state index >= 15 is 0 Å². The lowest BCUT2D eigenvalue weighted by Gasteiger charge is -2.23. The van der Waals surface area contributed by atoms with Crippen molar-refractivity contribution in [1.82, 2.24) is 5.32 Å². The van der Waals surface area contributed by atoms with E-state index in [0.717, 1.165) is 10.5 Å². The Morgan fingerprint density at radius 3 is 2.00 bits per heavy atom. The average Bonchev–Trinajstić information content (AvgIpc) is 1.64. The van der Waals surface area contributed by atoms with Crippen molar-refractivity contribution in [2.75, 3.05) is 13.1 Å². The van der Waals surface area contributed by atoms with Crippen molar-refractivity contribution in [2.45, 2.75) is 24.3 Å². The third-order valence-electron chi connectivity index (χ3n) is 1.33. The smallest absolute Gasteiger partial charge is 0.0147 e. The summed E-state index contributed by atoms with van der Waals surface area (Å²) in [4.78, 5) is 0. The predicted octanol–water partition coefficient (Wildman–Crippen LogP) is 1.10. The van der Waals surface area contributed by atoms with Crippen molar-refractivity contribution in [2.24, 2.45) is 0 Å². The predicted molar refractivity (Wildman–Crippen MR) is 39.4 cm³/mol. The zero-order valence-electron chi connectivity index (χ0n) is 5.48. The number of rotatable bonds is 0.